The summed E-state index contributed by atoms with van der Waals surface area (Å²) in [6, 6.07) is -0.427. The van der Waals surface area contributed by atoms with Gasteiger partial charge >= 0.3 is 0 Å². The molecule has 1 saturated heterocycles. The van der Waals surface area contributed by atoms with E-state index in [4.69, 9.17) is 4.74 Å². The number of morpholine rings is 1. The fraction of sp³-hybridized carbons (Fsp3) is 0.833. The first-order valence-corrected chi connectivity index (χ1v) is 6.40. The SMILES string of the molecule is CCCNC(=O)C1COCCN1C(=O)C1CC1. The second-order valence-electron chi connectivity index (χ2n) is 4.69. The maximum atomic E-state index is 12.0. The Hall–Kier alpha value is -1.10. The zero-order valence-electron chi connectivity index (χ0n) is 10.3. The van der Waals surface area contributed by atoms with Gasteiger partial charge in [-0.25, -0.2) is 0 Å². The van der Waals surface area contributed by atoms with Crippen LogP contribution in [0.15, 0.2) is 0 Å². The van der Waals surface area contributed by atoms with Crippen molar-refractivity contribution in [2.24, 2.45) is 5.92 Å². The lowest BCUT2D eigenvalue weighted by Crippen LogP contribution is -2.56. The Bertz CT molecular complexity index is 302. The number of carbonyl (C=O) groups excluding carboxylic acids is 2. The normalized spacial score (nSPS) is 24.5. The van der Waals surface area contributed by atoms with E-state index in [2.05, 4.69) is 5.32 Å². The molecule has 1 saturated carbocycles. The second kappa shape index (κ2) is 5.49. The molecular formula is C12H20N2O3. The Kier molecular flexibility index (Phi) is 3.99. The molecule has 1 aliphatic carbocycles. The monoisotopic (exact) mass is 240 g/mol. The maximum Gasteiger partial charge on any atom is 0.245 e. The van der Waals surface area contributed by atoms with E-state index in [1.807, 2.05) is 6.92 Å². The van der Waals surface area contributed by atoms with Crippen LogP contribution in [0, 0.1) is 5.92 Å². The van der Waals surface area contributed by atoms with Gasteiger partial charge in [0, 0.05) is 19.0 Å². The number of ether oxygens (including phenoxy) is 1. The minimum absolute atomic E-state index is 0.0828. The van der Waals surface area contributed by atoms with Crippen molar-refractivity contribution < 1.29 is 14.3 Å². The van der Waals surface area contributed by atoms with Crippen molar-refractivity contribution in [2.75, 3.05) is 26.3 Å². The van der Waals surface area contributed by atoms with Crippen molar-refractivity contribution >= 4 is 11.8 Å². The van der Waals surface area contributed by atoms with Gasteiger partial charge < -0.3 is 15.0 Å². The maximum absolute atomic E-state index is 12.0. The van der Waals surface area contributed by atoms with Crippen LogP contribution in [0.3, 0.4) is 0 Å². The van der Waals surface area contributed by atoms with Crippen molar-refractivity contribution in [3.05, 3.63) is 0 Å². The molecule has 1 unspecified atom stereocenters. The van der Waals surface area contributed by atoms with Crippen molar-refractivity contribution in [2.45, 2.75) is 32.2 Å². The second-order valence-corrected chi connectivity index (χ2v) is 4.69. The molecule has 1 aliphatic heterocycles. The standard InChI is InChI=1S/C12H20N2O3/c1-2-5-13-11(15)10-8-17-7-6-14(10)12(16)9-3-4-9/h9-10H,2-8H2,1H3,(H,13,15). The van der Waals surface area contributed by atoms with Gasteiger partial charge in [0.1, 0.15) is 6.04 Å². The number of amides is 2. The minimum atomic E-state index is -0.427. The van der Waals surface area contributed by atoms with Crippen molar-refractivity contribution in [3.63, 3.8) is 0 Å². The van der Waals surface area contributed by atoms with Crippen LogP contribution in [0.2, 0.25) is 0 Å². The van der Waals surface area contributed by atoms with E-state index in [1.165, 1.54) is 0 Å². The van der Waals surface area contributed by atoms with Gasteiger partial charge in [0.15, 0.2) is 0 Å². The van der Waals surface area contributed by atoms with Crippen LogP contribution in [-0.2, 0) is 14.3 Å². The lowest BCUT2D eigenvalue weighted by molar-refractivity contribution is -0.149. The van der Waals surface area contributed by atoms with Gasteiger partial charge in [-0.05, 0) is 19.3 Å². The van der Waals surface area contributed by atoms with E-state index in [-0.39, 0.29) is 17.7 Å². The molecule has 0 bridgehead atoms. The van der Waals surface area contributed by atoms with Crippen LogP contribution in [0.1, 0.15) is 26.2 Å². The van der Waals surface area contributed by atoms with E-state index in [0.717, 1.165) is 19.3 Å². The molecule has 1 heterocycles. The molecule has 5 nitrogen and oxygen atoms in total. The highest BCUT2D eigenvalue weighted by molar-refractivity contribution is 5.89. The fourth-order valence-electron chi connectivity index (χ4n) is 2.02. The molecule has 2 amide bonds. The summed E-state index contributed by atoms with van der Waals surface area (Å²) in [6.45, 7) is 4.06. The molecule has 0 spiro atoms. The molecule has 0 radical (unpaired) electrons. The topological polar surface area (TPSA) is 58.6 Å². The number of nitrogens with zero attached hydrogens (tertiary/aromatic N) is 1. The van der Waals surface area contributed by atoms with E-state index in [0.29, 0.717) is 26.3 Å². The van der Waals surface area contributed by atoms with Crippen molar-refractivity contribution in [1.29, 1.82) is 0 Å². The van der Waals surface area contributed by atoms with Crippen LogP contribution in [0.5, 0.6) is 0 Å². The van der Waals surface area contributed by atoms with Crippen LogP contribution < -0.4 is 5.32 Å². The Morgan fingerprint density at radius 3 is 2.82 bits per heavy atom. The molecule has 2 fully saturated rings. The number of hydrogen-bond donors (Lipinski definition) is 1. The first-order chi connectivity index (χ1) is 8.24. The van der Waals surface area contributed by atoms with Gasteiger partial charge in [0.05, 0.1) is 13.2 Å². The van der Waals surface area contributed by atoms with E-state index in [1.54, 1.807) is 4.90 Å². The van der Waals surface area contributed by atoms with E-state index < -0.39 is 6.04 Å². The largest absolute Gasteiger partial charge is 0.377 e. The summed E-state index contributed by atoms with van der Waals surface area (Å²) in [7, 11) is 0. The molecule has 1 atom stereocenters. The summed E-state index contributed by atoms with van der Waals surface area (Å²) in [5, 5.41) is 2.83. The highest BCUT2D eigenvalue weighted by Crippen LogP contribution is 2.32. The van der Waals surface area contributed by atoms with Crippen LogP contribution in [0.4, 0.5) is 0 Å². The lowest BCUT2D eigenvalue weighted by Gasteiger charge is -2.34. The Morgan fingerprint density at radius 1 is 1.41 bits per heavy atom. The third kappa shape index (κ3) is 2.97. The molecule has 5 heteroatoms. The van der Waals surface area contributed by atoms with Crippen molar-refractivity contribution in [3.8, 4) is 0 Å². The molecule has 0 aromatic rings. The average molecular weight is 240 g/mol. The summed E-state index contributed by atoms with van der Waals surface area (Å²) in [5.41, 5.74) is 0. The molecule has 2 rings (SSSR count). The van der Waals surface area contributed by atoms with Crippen LogP contribution >= 0.6 is 0 Å². The fourth-order valence-corrected chi connectivity index (χ4v) is 2.02. The minimum Gasteiger partial charge on any atom is -0.377 e. The summed E-state index contributed by atoms with van der Waals surface area (Å²) in [4.78, 5) is 25.7. The highest BCUT2D eigenvalue weighted by atomic mass is 16.5. The first kappa shape index (κ1) is 12.4. The van der Waals surface area contributed by atoms with Gasteiger partial charge in [-0.1, -0.05) is 6.92 Å². The van der Waals surface area contributed by atoms with E-state index >= 15 is 0 Å². The van der Waals surface area contributed by atoms with Gasteiger partial charge in [0.25, 0.3) is 0 Å². The molecule has 1 N–H and O–H groups in total. The van der Waals surface area contributed by atoms with Gasteiger partial charge in [-0.15, -0.1) is 0 Å². The Labute approximate surface area is 101 Å². The predicted octanol–water partition coefficient (Wildman–Crippen LogP) is 0.150. The van der Waals surface area contributed by atoms with Crippen LogP contribution in [0.25, 0.3) is 0 Å². The average Bonchev–Trinajstić information content (AvgIpc) is 3.19. The van der Waals surface area contributed by atoms with Gasteiger partial charge in [-0.3, -0.25) is 9.59 Å². The van der Waals surface area contributed by atoms with Gasteiger partial charge in [-0.2, -0.15) is 0 Å². The molecule has 96 valence electrons. The molecule has 17 heavy (non-hydrogen) atoms. The Balaban J connectivity index is 1.95. The summed E-state index contributed by atoms with van der Waals surface area (Å²) >= 11 is 0. The number of carbonyl (C=O) groups is 2. The highest BCUT2D eigenvalue weighted by Gasteiger charge is 2.39. The lowest BCUT2D eigenvalue weighted by atomic mass is 10.2. The smallest absolute Gasteiger partial charge is 0.245 e. The summed E-state index contributed by atoms with van der Waals surface area (Å²) in [5.74, 6) is 0.208. The molecule has 2 aliphatic rings. The third-order valence-corrected chi connectivity index (χ3v) is 3.19. The zero-order chi connectivity index (χ0) is 12.3. The third-order valence-electron chi connectivity index (χ3n) is 3.19. The number of nitrogens with one attached hydrogen (secondary N) is 1. The quantitative estimate of drug-likeness (QED) is 0.761. The first-order valence-electron chi connectivity index (χ1n) is 6.40. The molecular weight excluding hydrogens is 220 g/mol. The summed E-state index contributed by atoms with van der Waals surface area (Å²) in [6.07, 6.45) is 2.84. The molecule has 0 aromatic carbocycles. The van der Waals surface area contributed by atoms with E-state index in [9.17, 15) is 9.59 Å². The summed E-state index contributed by atoms with van der Waals surface area (Å²) < 4.78 is 5.31. The Morgan fingerprint density at radius 2 is 2.18 bits per heavy atom. The zero-order valence-corrected chi connectivity index (χ0v) is 10.3. The van der Waals surface area contributed by atoms with Crippen molar-refractivity contribution in [1.82, 2.24) is 10.2 Å². The number of rotatable bonds is 4. The molecule has 0 aromatic heterocycles. The van der Waals surface area contributed by atoms with Gasteiger partial charge in [0.2, 0.25) is 11.8 Å². The van der Waals surface area contributed by atoms with Crippen LogP contribution in [-0.4, -0.2) is 49.1 Å². The number of hydrogen-bond acceptors (Lipinski definition) is 3. The predicted molar refractivity (Wildman–Crippen MR) is 62.3 cm³/mol.